The van der Waals surface area contributed by atoms with Gasteiger partial charge in [-0.3, -0.25) is 9.79 Å². The van der Waals surface area contributed by atoms with Gasteiger partial charge in [-0.15, -0.1) is 4.20 Å². The molecule has 0 saturated heterocycles. The Labute approximate surface area is 74.5 Å². The minimum absolute atomic E-state index is 0. The zero-order valence-corrected chi connectivity index (χ0v) is 7.71. The zero-order valence-electron chi connectivity index (χ0n) is 4.54. The molecule has 0 fully saturated rings. The molecule has 40 valence electrons. The smallest absolute Gasteiger partial charge is 1.00 e. The van der Waals surface area contributed by atoms with Crippen molar-refractivity contribution < 1.29 is 66.9 Å². The number of rotatable bonds is 0. The Morgan fingerprint density at radius 2 is 1.57 bits per heavy atom. The first kappa shape index (κ1) is 15.8. The second-order valence-corrected chi connectivity index (χ2v) is 1.42. The standard InChI is InChI=1S/Cr.FH2O3P.Na.H/c;1-5(2,3)4;;/h;(H2,2,3,4);;/q;;+1;-1. The molecule has 0 aliphatic rings. The predicted octanol–water partition coefficient (Wildman–Crippen LogP) is -2.84. The molecule has 0 aromatic carbocycles. The van der Waals surface area contributed by atoms with E-state index in [1.54, 1.807) is 0 Å². The molecule has 0 atom stereocenters. The van der Waals surface area contributed by atoms with E-state index >= 15 is 0 Å². The van der Waals surface area contributed by atoms with E-state index < -0.39 is 7.91 Å². The van der Waals surface area contributed by atoms with E-state index in [9.17, 15) is 4.20 Å². The summed E-state index contributed by atoms with van der Waals surface area (Å²) in [6.07, 6.45) is 0. The van der Waals surface area contributed by atoms with Crippen LogP contribution in [0.15, 0.2) is 0 Å². The Balaban J connectivity index is -0.0000000267. The van der Waals surface area contributed by atoms with Crippen LogP contribution < -0.4 is 29.6 Å². The monoisotopic (exact) mass is 176 g/mol. The molecule has 0 amide bonds. The van der Waals surface area contributed by atoms with Crippen molar-refractivity contribution in [3.63, 3.8) is 0 Å². The second-order valence-electron chi connectivity index (χ2n) is 0.473. The van der Waals surface area contributed by atoms with Gasteiger partial charge < -0.3 is 1.43 Å². The SMILES string of the molecule is O=P(O)(O)F.[Cr].[H-].[Na+]. The molecule has 0 aliphatic carbocycles. The minimum atomic E-state index is -5.14. The van der Waals surface area contributed by atoms with Gasteiger partial charge in [0.25, 0.3) is 0 Å². The van der Waals surface area contributed by atoms with E-state index in [1.807, 2.05) is 0 Å². The van der Waals surface area contributed by atoms with Gasteiger partial charge in [0.05, 0.1) is 0 Å². The second kappa shape index (κ2) is 5.74. The molecule has 0 aromatic rings. The maximum atomic E-state index is 10.4. The maximum absolute atomic E-state index is 10.4. The van der Waals surface area contributed by atoms with Crippen LogP contribution in [0.5, 0.6) is 0 Å². The molecule has 0 rings (SSSR count). The predicted molar refractivity (Wildman–Crippen MR) is 14.3 cm³/mol. The van der Waals surface area contributed by atoms with E-state index in [0.717, 1.165) is 0 Å². The van der Waals surface area contributed by atoms with Crippen LogP contribution in [0.3, 0.4) is 0 Å². The quantitative estimate of drug-likeness (QED) is 0.309. The van der Waals surface area contributed by atoms with Crippen molar-refractivity contribution in [1.29, 1.82) is 0 Å². The van der Waals surface area contributed by atoms with Gasteiger partial charge in [0, 0.05) is 17.4 Å². The van der Waals surface area contributed by atoms with Crippen molar-refractivity contribution in [1.82, 2.24) is 0 Å². The van der Waals surface area contributed by atoms with Crippen molar-refractivity contribution in [2.24, 2.45) is 0 Å². The molecule has 0 bridgehead atoms. The minimum Gasteiger partial charge on any atom is -1.00 e. The summed E-state index contributed by atoms with van der Waals surface area (Å²) in [4.78, 5) is 13.9. The first-order valence-corrected chi connectivity index (χ1v) is 2.25. The first-order chi connectivity index (χ1) is 2.00. The molecule has 2 N–H and O–H groups in total. The van der Waals surface area contributed by atoms with E-state index in [-0.39, 0.29) is 48.3 Å². The molecule has 3 nitrogen and oxygen atoms in total. The zero-order chi connectivity index (χ0) is 4.50. The van der Waals surface area contributed by atoms with Gasteiger partial charge in [-0.1, -0.05) is 0 Å². The third kappa shape index (κ3) is 92.2. The van der Waals surface area contributed by atoms with Gasteiger partial charge in [-0.05, 0) is 0 Å². The van der Waals surface area contributed by atoms with Gasteiger partial charge in [-0.2, -0.15) is 0 Å². The summed E-state index contributed by atoms with van der Waals surface area (Å²) in [5.41, 5.74) is 0. The van der Waals surface area contributed by atoms with Crippen molar-refractivity contribution in [3.8, 4) is 0 Å². The van der Waals surface area contributed by atoms with Gasteiger partial charge >= 0.3 is 37.5 Å². The average Bonchev–Trinajstić information content (AvgIpc) is 0.722. The summed E-state index contributed by atoms with van der Waals surface area (Å²) in [5.74, 6) is 0. The topological polar surface area (TPSA) is 57.5 Å². The van der Waals surface area contributed by atoms with E-state index in [1.165, 1.54) is 0 Å². The van der Waals surface area contributed by atoms with Crippen molar-refractivity contribution in [2.45, 2.75) is 0 Å². The molecule has 0 radical (unpaired) electrons. The normalized spacial score (nSPS) is 8.43. The van der Waals surface area contributed by atoms with Crippen LogP contribution in [0, 0.1) is 0 Å². The van der Waals surface area contributed by atoms with Crippen molar-refractivity contribution in [3.05, 3.63) is 0 Å². The molecular weight excluding hydrogens is 173 g/mol. The van der Waals surface area contributed by atoms with Crippen LogP contribution in [0.4, 0.5) is 4.20 Å². The summed E-state index contributed by atoms with van der Waals surface area (Å²) in [6.45, 7) is 0. The third-order valence-electron chi connectivity index (χ3n) is 0. The average molecular weight is 176 g/mol. The number of hydrogen-bond acceptors (Lipinski definition) is 1. The molecule has 7 heteroatoms. The van der Waals surface area contributed by atoms with Crippen LogP contribution in [0.25, 0.3) is 0 Å². The van der Waals surface area contributed by atoms with E-state index in [0.29, 0.717) is 0 Å². The first-order valence-electron chi connectivity index (χ1n) is 0.752. The summed E-state index contributed by atoms with van der Waals surface area (Å²) in [5, 5.41) is 0. The van der Waals surface area contributed by atoms with Crippen molar-refractivity contribution >= 4 is 7.91 Å². The van der Waals surface area contributed by atoms with Crippen LogP contribution >= 0.6 is 7.91 Å². The molecule has 0 aromatic heterocycles. The largest absolute Gasteiger partial charge is 1.00 e. The Morgan fingerprint density at radius 1 is 1.57 bits per heavy atom. The molecule has 0 saturated carbocycles. The Bertz CT molecular complexity index is 65.4. The summed E-state index contributed by atoms with van der Waals surface area (Å²) < 4.78 is 19.0. The fourth-order valence-electron chi connectivity index (χ4n) is 0. The van der Waals surface area contributed by atoms with Gasteiger partial charge in [-0.25, -0.2) is 4.57 Å². The fraction of sp³-hybridized carbons (Fsp3) is 0. The van der Waals surface area contributed by atoms with Crippen LogP contribution in [-0.4, -0.2) is 9.79 Å². The van der Waals surface area contributed by atoms with Crippen LogP contribution in [0.1, 0.15) is 1.43 Å². The Kier molecular flexibility index (Phi) is 13.0. The van der Waals surface area contributed by atoms with Gasteiger partial charge in [0.1, 0.15) is 0 Å². The van der Waals surface area contributed by atoms with Gasteiger partial charge in [0.15, 0.2) is 0 Å². The summed E-state index contributed by atoms with van der Waals surface area (Å²) >= 11 is 0. The third-order valence-corrected chi connectivity index (χ3v) is 0. The van der Waals surface area contributed by atoms with Crippen LogP contribution in [0.2, 0.25) is 0 Å². The van der Waals surface area contributed by atoms with Crippen LogP contribution in [-0.2, 0) is 21.9 Å². The maximum Gasteiger partial charge on any atom is 1.00 e. The van der Waals surface area contributed by atoms with E-state index in [4.69, 9.17) is 14.4 Å². The number of hydrogen-bond donors (Lipinski definition) is 2. The molecule has 0 aliphatic heterocycles. The summed E-state index contributed by atoms with van der Waals surface area (Å²) in [6, 6.07) is 0. The van der Waals surface area contributed by atoms with Crippen molar-refractivity contribution in [2.75, 3.05) is 0 Å². The van der Waals surface area contributed by atoms with Gasteiger partial charge in [0.2, 0.25) is 0 Å². The molecule has 0 unspecified atom stereocenters. The Hall–Kier alpha value is 1.61. The Morgan fingerprint density at radius 3 is 1.57 bits per heavy atom. The molecule has 0 spiro atoms. The van der Waals surface area contributed by atoms with E-state index in [2.05, 4.69) is 0 Å². The molecule has 7 heavy (non-hydrogen) atoms. The molecule has 0 heterocycles. The molecular formula is H3CrFNaO3P. The fourth-order valence-corrected chi connectivity index (χ4v) is 0. The summed E-state index contributed by atoms with van der Waals surface area (Å²) in [7, 11) is -5.14. The number of halogens is 1.